The Labute approximate surface area is 119 Å². The first-order valence-electron chi connectivity index (χ1n) is 7.42. The van der Waals surface area contributed by atoms with Gasteiger partial charge in [0.05, 0.1) is 6.20 Å². The molecule has 2 heterocycles. The third-order valence-corrected chi connectivity index (χ3v) is 4.95. The zero-order valence-corrected chi connectivity index (χ0v) is 11.6. The molecule has 0 atom stereocenters. The van der Waals surface area contributed by atoms with Gasteiger partial charge in [0.25, 0.3) is 0 Å². The van der Waals surface area contributed by atoms with Gasteiger partial charge in [0.1, 0.15) is 5.82 Å². The van der Waals surface area contributed by atoms with E-state index in [-0.39, 0.29) is 0 Å². The van der Waals surface area contributed by atoms with E-state index in [1.54, 1.807) is 23.5 Å². The highest BCUT2D eigenvalue weighted by Gasteiger charge is 2.39. The van der Waals surface area contributed by atoms with Gasteiger partial charge in [-0.2, -0.15) is 0 Å². The van der Waals surface area contributed by atoms with Gasteiger partial charge in [0.15, 0.2) is 0 Å². The number of aromatic nitrogens is 2. The van der Waals surface area contributed by atoms with Crippen LogP contribution in [0.1, 0.15) is 24.0 Å². The van der Waals surface area contributed by atoms with E-state index in [9.17, 15) is 0 Å². The summed E-state index contributed by atoms with van der Waals surface area (Å²) >= 11 is 0. The average molecular weight is 265 g/mol. The Morgan fingerprint density at radius 1 is 0.950 bits per heavy atom. The minimum absolute atomic E-state index is 0.502. The second-order valence-electron chi connectivity index (χ2n) is 6.17. The van der Waals surface area contributed by atoms with Crippen LogP contribution in [0.4, 0.5) is 5.82 Å². The van der Waals surface area contributed by atoms with E-state index in [1.165, 1.54) is 25.7 Å². The lowest BCUT2D eigenvalue weighted by atomic mass is 9.76. The predicted octanol–water partition coefficient (Wildman–Crippen LogP) is 2.86. The van der Waals surface area contributed by atoms with Gasteiger partial charge in [0, 0.05) is 25.5 Å². The standard InChI is InChI=1S/C17H19N3/c1-2-4-15-12-17(11-14(15)3-1)5-9-20(10-6-17)16-13-18-7-8-19-16/h1-4,7-8,13H,5-6,9-12H2. The zero-order valence-electron chi connectivity index (χ0n) is 11.6. The van der Waals surface area contributed by atoms with Crippen LogP contribution < -0.4 is 4.90 Å². The van der Waals surface area contributed by atoms with Crippen molar-refractivity contribution < 1.29 is 0 Å². The minimum Gasteiger partial charge on any atom is -0.355 e. The van der Waals surface area contributed by atoms with Crippen molar-refractivity contribution >= 4 is 5.82 Å². The number of fused-ring (bicyclic) bond motifs is 1. The molecule has 1 spiro atoms. The summed E-state index contributed by atoms with van der Waals surface area (Å²) in [5, 5.41) is 0. The molecule has 2 aromatic rings. The first-order chi connectivity index (χ1) is 9.85. The molecule has 0 radical (unpaired) electrons. The summed E-state index contributed by atoms with van der Waals surface area (Å²) < 4.78 is 0. The van der Waals surface area contributed by atoms with Crippen molar-refractivity contribution in [3.05, 3.63) is 54.0 Å². The van der Waals surface area contributed by atoms with Gasteiger partial charge >= 0.3 is 0 Å². The van der Waals surface area contributed by atoms with Crippen molar-refractivity contribution in [2.24, 2.45) is 5.41 Å². The molecule has 1 aliphatic heterocycles. The third-order valence-electron chi connectivity index (χ3n) is 4.95. The predicted molar refractivity (Wildman–Crippen MR) is 79.8 cm³/mol. The van der Waals surface area contributed by atoms with Crippen LogP contribution >= 0.6 is 0 Å². The molecule has 0 saturated carbocycles. The van der Waals surface area contributed by atoms with E-state index < -0.39 is 0 Å². The van der Waals surface area contributed by atoms with Crippen molar-refractivity contribution in [1.29, 1.82) is 0 Å². The Kier molecular flexibility index (Phi) is 2.72. The average Bonchev–Trinajstić information content (AvgIpc) is 2.86. The topological polar surface area (TPSA) is 29.0 Å². The molecule has 2 aliphatic rings. The van der Waals surface area contributed by atoms with Crippen molar-refractivity contribution in [3.63, 3.8) is 0 Å². The van der Waals surface area contributed by atoms with Crippen LogP contribution in [0, 0.1) is 5.41 Å². The van der Waals surface area contributed by atoms with Gasteiger partial charge in [-0.25, -0.2) is 4.98 Å². The van der Waals surface area contributed by atoms with E-state index in [1.807, 2.05) is 6.20 Å². The molecule has 1 aromatic heterocycles. The van der Waals surface area contributed by atoms with Crippen molar-refractivity contribution in [2.75, 3.05) is 18.0 Å². The summed E-state index contributed by atoms with van der Waals surface area (Å²) in [5.74, 6) is 1.03. The molecule has 102 valence electrons. The summed E-state index contributed by atoms with van der Waals surface area (Å²) in [7, 11) is 0. The monoisotopic (exact) mass is 265 g/mol. The van der Waals surface area contributed by atoms with E-state index >= 15 is 0 Å². The second-order valence-corrected chi connectivity index (χ2v) is 6.17. The number of piperidine rings is 1. The minimum atomic E-state index is 0.502. The number of benzene rings is 1. The highest BCUT2D eigenvalue weighted by Crippen LogP contribution is 2.44. The molecule has 1 aliphatic carbocycles. The highest BCUT2D eigenvalue weighted by atomic mass is 15.2. The van der Waals surface area contributed by atoms with Crippen LogP contribution in [0.3, 0.4) is 0 Å². The first-order valence-corrected chi connectivity index (χ1v) is 7.42. The highest BCUT2D eigenvalue weighted by molar-refractivity contribution is 5.39. The molecule has 20 heavy (non-hydrogen) atoms. The fourth-order valence-electron chi connectivity index (χ4n) is 3.79. The Balaban J connectivity index is 1.49. The first kappa shape index (κ1) is 11.9. The smallest absolute Gasteiger partial charge is 0.147 e. The van der Waals surface area contributed by atoms with Gasteiger partial charge in [0.2, 0.25) is 0 Å². The lowest BCUT2D eigenvalue weighted by Gasteiger charge is -2.39. The molecule has 1 fully saturated rings. The van der Waals surface area contributed by atoms with Crippen LogP contribution in [-0.4, -0.2) is 23.1 Å². The normalized spacial score (nSPS) is 20.1. The molecular formula is C17H19N3. The number of hydrogen-bond acceptors (Lipinski definition) is 3. The van der Waals surface area contributed by atoms with E-state index in [4.69, 9.17) is 0 Å². The Morgan fingerprint density at radius 2 is 1.65 bits per heavy atom. The summed E-state index contributed by atoms with van der Waals surface area (Å²) in [6.45, 7) is 2.21. The number of anilines is 1. The third kappa shape index (κ3) is 1.98. The Bertz CT molecular complexity index is 574. The molecular weight excluding hydrogens is 246 g/mol. The van der Waals surface area contributed by atoms with Crippen LogP contribution in [0.5, 0.6) is 0 Å². The molecule has 3 nitrogen and oxygen atoms in total. The van der Waals surface area contributed by atoms with Crippen LogP contribution in [0.15, 0.2) is 42.9 Å². The summed E-state index contributed by atoms with van der Waals surface area (Å²) in [4.78, 5) is 11.0. The SMILES string of the molecule is c1ccc2c(c1)CC1(CCN(c3cnccn3)CC1)C2. The van der Waals surface area contributed by atoms with Crippen molar-refractivity contribution in [1.82, 2.24) is 9.97 Å². The van der Waals surface area contributed by atoms with E-state index in [2.05, 4.69) is 39.1 Å². The van der Waals surface area contributed by atoms with Gasteiger partial charge < -0.3 is 4.90 Å². The molecule has 0 unspecified atom stereocenters. The maximum absolute atomic E-state index is 4.42. The van der Waals surface area contributed by atoms with E-state index in [0.29, 0.717) is 5.41 Å². The van der Waals surface area contributed by atoms with Crippen molar-refractivity contribution in [3.8, 4) is 0 Å². The molecule has 0 N–H and O–H groups in total. The van der Waals surface area contributed by atoms with Gasteiger partial charge in [-0.15, -0.1) is 0 Å². The molecule has 0 amide bonds. The maximum atomic E-state index is 4.42. The number of hydrogen-bond donors (Lipinski definition) is 0. The largest absolute Gasteiger partial charge is 0.355 e. The van der Waals surface area contributed by atoms with Gasteiger partial charge in [-0.3, -0.25) is 4.98 Å². The molecule has 4 rings (SSSR count). The fraction of sp³-hybridized carbons (Fsp3) is 0.412. The second kappa shape index (κ2) is 4.58. The Morgan fingerprint density at radius 3 is 2.25 bits per heavy atom. The quantitative estimate of drug-likeness (QED) is 0.794. The van der Waals surface area contributed by atoms with Gasteiger partial charge in [-0.05, 0) is 42.2 Å². The zero-order chi connectivity index (χ0) is 13.4. The molecule has 1 saturated heterocycles. The lowest BCUT2D eigenvalue weighted by molar-refractivity contribution is 0.232. The van der Waals surface area contributed by atoms with Crippen LogP contribution in [0.2, 0.25) is 0 Å². The summed E-state index contributed by atoms with van der Waals surface area (Å²) in [6, 6.07) is 8.96. The molecule has 3 heteroatoms. The number of nitrogens with zero attached hydrogens (tertiary/aromatic N) is 3. The lowest BCUT2D eigenvalue weighted by Crippen LogP contribution is -2.41. The molecule has 1 aromatic carbocycles. The number of rotatable bonds is 1. The van der Waals surface area contributed by atoms with E-state index in [0.717, 1.165) is 18.9 Å². The molecule has 0 bridgehead atoms. The van der Waals surface area contributed by atoms with Crippen LogP contribution in [0.25, 0.3) is 0 Å². The maximum Gasteiger partial charge on any atom is 0.147 e. The van der Waals surface area contributed by atoms with Gasteiger partial charge in [-0.1, -0.05) is 24.3 Å². The Hall–Kier alpha value is -1.90. The summed E-state index contributed by atoms with van der Waals surface area (Å²) in [6.07, 6.45) is 10.4. The van der Waals surface area contributed by atoms with Crippen LogP contribution in [-0.2, 0) is 12.8 Å². The van der Waals surface area contributed by atoms with Crippen molar-refractivity contribution in [2.45, 2.75) is 25.7 Å². The summed E-state index contributed by atoms with van der Waals surface area (Å²) in [5.41, 5.74) is 3.64. The fourth-order valence-corrected chi connectivity index (χ4v) is 3.79.